The van der Waals surface area contributed by atoms with Gasteiger partial charge in [0, 0.05) is 19.3 Å². The van der Waals surface area contributed by atoms with Gasteiger partial charge < -0.3 is 10.6 Å². The molecule has 0 radical (unpaired) electrons. The van der Waals surface area contributed by atoms with Crippen LogP contribution in [-0.4, -0.2) is 33.6 Å². The van der Waals surface area contributed by atoms with Gasteiger partial charge in [0.25, 0.3) is 5.91 Å². The Kier molecular flexibility index (Phi) is 4.10. The summed E-state index contributed by atoms with van der Waals surface area (Å²) in [6.45, 7) is 2.59. The zero-order chi connectivity index (χ0) is 15.7. The van der Waals surface area contributed by atoms with Crippen molar-refractivity contribution in [2.45, 2.75) is 6.92 Å². The molecule has 0 spiro atoms. The number of rotatable bonds is 4. The van der Waals surface area contributed by atoms with E-state index < -0.39 is 0 Å². The predicted octanol–water partition coefficient (Wildman–Crippen LogP) is 2.36. The van der Waals surface area contributed by atoms with Gasteiger partial charge in [0.1, 0.15) is 4.34 Å². The Bertz CT molecular complexity index is 828. The molecule has 0 bridgehead atoms. The molecule has 0 aliphatic rings. The van der Waals surface area contributed by atoms with Crippen LogP contribution in [0.4, 0.5) is 5.69 Å². The van der Waals surface area contributed by atoms with Gasteiger partial charge in [-0.05, 0) is 19.1 Å². The number of halogens is 1. The SMILES string of the molecule is Cc1nn2ccccc2c1N(CCN)C(=O)c1ncc(Cl)s1. The Morgan fingerprint density at radius 2 is 2.32 bits per heavy atom. The fourth-order valence-electron chi connectivity index (χ4n) is 2.35. The lowest BCUT2D eigenvalue weighted by molar-refractivity contribution is 0.0987. The van der Waals surface area contributed by atoms with Crippen molar-refractivity contribution < 1.29 is 4.79 Å². The van der Waals surface area contributed by atoms with Crippen LogP contribution < -0.4 is 10.6 Å². The van der Waals surface area contributed by atoms with Gasteiger partial charge in [0.2, 0.25) is 0 Å². The summed E-state index contributed by atoms with van der Waals surface area (Å²) in [6, 6.07) is 5.71. The Hall–Kier alpha value is -1.96. The van der Waals surface area contributed by atoms with E-state index in [2.05, 4.69) is 10.1 Å². The van der Waals surface area contributed by atoms with E-state index in [1.165, 1.54) is 6.20 Å². The molecule has 22 heavy (non-hydrogen) atoms. The molecule has 0 saturated heterocycles. The third-order valence-electron chi connectivity index (χ3n) is 3.21. The van der Waals surface area contributed by atoms with Gasteiger partial charge in [-0.3, -0.25) is 4.79 Å². The number of amides is 1. The summed E-state index contributed by atoms with van der Waals surface area (Å²) in [5.41, 5.74) is 8.05. The fourth-order valence-corrected chi connectivity index (χ4v) is 3.21. The third-order valence-corrected chi connectivity index (χ3v) is 4.31. The number of nitrogens with two attached hydrogens (primary N) is 1. The third kappa shape index (κ3) is 2.58. The molecular formula is C14H14ClN5OS. The van der Waals surface area contributed by atoms with Gasteiger partial charge in [0.05, 0.1) is 23.1 Å². The molecule has 0 atom stereocenters. The molecule has 0 saturated carbocycles. The number of carbonyl (C=O) groups excluding carboxylic acids is 1. The van der Waals surface area contributed by atoms with Crippen molar-refractivity contribution in [2.24, 2.45) is 5.73 Å². The van der Waals surface area contributed by atoms with Gasteiger partial charge in [-0.2, -0.15) is 5.10 Å². The first-order valence-electron chi connectivity index (χ1n) is 6.69. The number of aryl methyl sites for hydroxylation is 1. The van der Waals surface area contributed by atoms with E-state index in [0.717, 1.165) is 28.2 Å². The van der Waals surface area contributed by atoms with Crippen LogP contribution in [0.5, 0.6) is 0 Å². The van der Waals surface area contributed by atoms with Gasteiger partial charge in [-0.1, -0.05) is 29.0 Å². The van der Waals surface area contributed by atoms with Crippen molar-refractivity contribution in [3.05, 3.63) is 45.6 Å². The summed E-state index contributed by atoms with van der Waals surface area (Å²) >= 11 is 7.04. The van der Waals surface area contributed by atoms with Crippen molar-refractivity contribution in [1.82, 2.24) is 14.6 Å². The number of hydrogen-bond acceptors (Lipinski definition) is 5. The summed E-state index contributed by atoms with van der Waals surface area (Å²) in [4.78, 5) is 18.4. The van der Waals surface area contributed by atoms with E-state index in [0.29, 0.717) is 22.4 Å². The number of anilines is 1. The quantitative estimate of drug-likeness (QED) is 0.794. The van der Waals surface area contributed by atoms with Gasteiger partial charge in [-0.25, -0.2) is 9.50 Å². The molecular weight excluding hydrogens is 322 g/mol. The maximum absolute atomic E-state index is 12.8. The second-order valence-corrected chi connectivity index (χ2v) is 6.34. The van der Waals surface area contributed by atoms with E-state index in [1.54, 1.807) is 9.42 Å². The molecule has 3 aromatic heterocycles. The van der Waals surface area contributed by atoms with Gasteiger partial charge in [-0.15, -0.1) is 0 Å². The van der Waals surface area contributed by atoms with Crippen molar-refractivity contribution >= 4 is 40.0 Å². The molecule has 6 nitrogen and oxygen atoms in total. The Labute approximate surface area is 136 Å². The van der Waals surface area contributed by atoms with Crippen LogP contribution in [0.15, 0.2) is 30.6 Å². The highest BCUT2D eigenvalue weighted by atomic mass is 35.5. The molecule has 8 heteroatoms. The predicted molar refractivity (Wildman–Crippen MR) is 87.8 cm³/mol. The largest absolute Gasteiger partial charge is 0.329 e. The van der Waals surface area contributed by atoms with Gasteiger partial charge >= 0.3 is 0 Å². The average Bonchev–Trinajstić information content (AvgIpc) is 3.07. The minimum Gasteiger partial charge on any atom is -0.329 e. The normalized spacial score (nSPS) is 11.0. The van der Waals surface area contributed by atoms with Gasteiger partial charge in [0.15, 0.2) is 5.01 Å². The van der Waals surface area contributed by atoms with Crippen molar-refractivity contribution in [1.29, 1.82) is 0 Å². The van der Waals surface area contributed by atoms with Crippen molar-refractivity contribution in [3.8, 4) is 0 Å². The average molecular weight is 336 g/mol. The van der Waals surface area contributed by atoms with Crippen LogP contribution in [-0.2, 0) is 0 Å². The summed E-state index contributed by atoms with van der Waals surface area (Å²) in [5, 5.41) is 4.78. The monoisotopic (exact) mass is 335 g/mol. The van der Waals surface area contributed by atoms with E-state index in [9.17, 15) is 4.79 Å². The zero-order valence-electron chi connectivity index (χ0n) is 11.9. The Balaban J connectivity index is 2.10. The van der Waals surface area contributed by atoms with Crippen LogP contribution in [0.3, 0.4) is 0 Å². The molecule has 0 aliphatic heterocycles. The minimum atomic E-state index is -0.218. The van der Waals surface area contributed by atoms with Crippen LogP contribution >= 0.6 is 22.9 Å². The lowest BCUT2D eigenvalue weighted by Crippen LogP contribution is -2.35. The first-order valence-corrected chi connectivity index (χ1v) is 7.88. The summed E-state index contributed by atoms with van der Waals surface area (Å²) < 4.78 is 2.23. The lowest BCUT2D eigenvalue weighted by Gasteiger charge is -2.20. The van der Waals surface area contributed by atoms with Crippen LogP contribution in [0.25, 0.3) is 5.52 Å². The molecule has 1 amide bonds. The smallest absolute Gasteiger partial charge is 0.287 e. The number of fused-ring (bicyclic) bond motifs is 1. The molecule has 0 unspecified atom stereocenters. The number of pyridine rings is 1. The highest BCUT2D eigenvalue weighted by Gasteiger charge is 2.25. The first kappa shape index (κ1) is 15.0. The van der Waals surface area contributed by atoms with Crippen molar-refractivity contribution in [2.75, 3.05) is 18.0 Å². The second-order valence-electron chi connectivity index (χ2n) is 4.68. The summed E-state index contributed by atoms with van der Waals surface area (Å²) in [6.07, 6.45) is 3.32. The molecule has 3 aromatic rings. The minimum absolute atomic E-state index is 0.218. The summed E-state index contributed by atoms with van der Waals surface area (Å²) in [7, 11) is 0. The van der Waals surface area contributed by atoms with E-state index in [4.69, 9.17) is 17.3 Å². The van der Waals surface area contributed by atoms with E-state index in [-0.39, 0.29) is 5.91 Å². The first-order chi connectivity index (χ1) is 10.6. The Morgan fingerprint density at radius 1 is 1.50 bits per heavy atom. The maximum atomic E-state index is 12.8. The molecule has 0 fully saturated rings. The number of aromatic nitrogens is 3. The topological polar surface area (TPSA) is 76.5 Å². The van der Waals surface area contributed by atoms with Crippen LogP contribution in [0.1, 0.15) is 15.5 Å². The number of thiazole rings is 1. The molecule has 0 aromatic carbocycles. The number of hydrogen-bond donors (Lipinski definition) is 1. The fraction of sp³-hybridized carbons (Fsp3) is 0.214. The molecule has 3 heterocycles. The maximum Gasteiger partial charge on any atom is 0.287 e. The van der Waals surface area contributed by atoms with E-state index >= 15 is 0 Å². The molecule has 2 N–H and O–H groups in total. The van der Waals surface area contributed by atoms with Crippen LogP contribution in [0.2, 0.25) is 4.34 Å². The van der Waals surface area contributed by atoms with E-state index in [1.807, 2.05) is 31.3 Å². The standard InChI is InChI=1S/C14H14ClN5OS/c1-9-12(10-4-2-3-6-20(10)18-9)19(7-5-16)14(21)13-17-8-11(15)22-13/h2-4,6,8H,5,7,16H2,1H3. The number of carbonyl (C=O) groups is 1. The molecule has 114 valence electrons. The Morgan fingerprint density at radius 3 is 3.00 bits per heavy atom. The second kappa shape index (κ2) is 6.04. The zero-order valence-corrected chi connectivity index (χ0v) is 13.4. The van der Waals surface area contributed by atoms with Crippen molar-refractivity contribution in [3.63, 3.8) is 0 Å². The van der Waals surface area contributed by atoms with Crippen LogP contribution in [0, 0.1) is 6.92 Å². The lowest BCUT2D eigenvalue weighted by atomic mass is 10.2. The molecule has 0 aliphatic carbocycles. The number of nitrogens with zero attached hydrogens (tertiary/aromatic N) is 4. The molecule has 3 rings (SSSR count). The highest BCUT2D eigenvalue weighted by molar-refractivity contribution is 7.17. The highest BCUT2D eigenvalue weighted by Crippen LogP contribution is 2.28. The summed E-state index contributed by atoms with van der Waals surface area (Å²) in [5.74, 6) is -0.218.